The van der Waals surface area contributed by atoms with Crippen molar-refractivity contribution < 1.29 is 19.1 Å². The summed E-state index contributed by atoms with van der Waals surface area (Å²) in [5.41, 5.74) is 6.57. The topological polar surface area (TPSA) is 104 Å². The number of carbonyl (C=O) groups excluding carboxylic acids is 3. The van der Waals surface area contributed by atoms with Gasteiger partial charge in [-0.2, -0.15) is 0 Å². The Kier molecular flexibility index (Phi) is 13.1. The lowest BCUT2D eigenvalue weighted by Gasteiger charge is -2.23. The zero-order valence-electron chi connectivity index (χ0n) is 28.9. The maximum absolute atomic E-state index is 13.4. The molecule has 2 N–H and O–H groups in total. The Morgan fingerprint density at radius 1 is 1.02 bits per heavy atom. The number of H-pyrrole nitrogens is 1. The molecule has 1 aliphatic heterocycles. The summed E-state index contributed by atoms with van der Waals surface area (Å²) in [5, 5.41) is 5.81. The van der Waals surface area contributed by atoms with Gasteiger partial charge in [-0.15, -0.1) is 0 Å². The van der Waals surface area contributed by atoms with E-state index in [0.717, 1.165) is 79.9 Å². The smallest absolute Gasteiger partial charge is 0.265 e. The van der Waals surface area contributed by atoms with Crippen LogP contribution in [0.2, 0.25) is 0 Å². The Bertz CT molecular complexity index is 1760. The number of aromatic nitrogens is 2. The first-order valence-electron chi connectivity index (χ1n) is 17.2. The Labute approximate surface area is 284 Å². The number of carbonyl (C=O) groups is 3. The summed E-state index contributed by atoms with van der Waals surface area (Å²) in [5.74, 6) is 0.446. The van der Waals surface area contributed by atoms with E-state index in [-0.39, 0.29) is 17.9 Å². The van der Waals surface area contributed by atoms with E-state index in [1.807, 2.05) is 25.4 Å². The van der Waals surface area contributed by atoms with E-state index in [2.05, 4.69) is 60.5 Å². The number of ether oxygens (including phenoxy) is 1. The predicted octanol–water partition coefficient (Wildman–Crippen LogP) is 8.57. The summed E-state index contributed by atoms with van der Waals surface area (Å²) < 4.78 is 6.05. The molecule has 3 heterocycles. The highest BCUT2D eigenvalue weighted by Gasteiger charge is 2.40. The Morgan fingerprint density at radius 3 is 2.58 bits per heavy atom. The predicted molar refractivity (Wildman–Crippen MR) is 194 cm³/mol. The Morgan fingerprint density at radius 2 is 1.81 bits per heavy atom. The average Bonchev–Trinajstić information content (AvgIpc) is 3.59. The van der Waals surface area contributed by atoms with Crippen molar-refractivity contribution in [2.24, 2.45) is 5.92 Å². The van der Waals surface area contributed by atoms with Crippen LogP contribution in [0.1, 0.15) is 98.9 Å². The number of nitrogens with one attached hydrogen (secondary N) is 2. The molecule has 0 spiro atoms. The highest BCUT2D eigenvalue weighted by atomic mass is 16.5. The summed E-state index contributed by atoms with van der Waals surface area (Å²) in [6.45, 7) is 17.5. The normalized spacial score (nSPS) is 13.5. The largest absolute Gasteiger partial charge is 0.493 e. The highest BCUT2D eigenvalue weighted by Crippen LogP contribution is 2.34. The van der Waals surface area contributed by atoms with Crippen LogP contribution in [0.15, 0.2) is 79.3 Å². The maximum Gasteiger partial charge on any atom is 0.265 e. The lowest BCUT2D eigenvalue weighted by molar-refractivity contribution is -0.106. The molecule has 0 radical (unpaired) electrons. The molecular formula is C40H50N4O4. The number of fused-ring (bicyclic) bond motifs is 4. The standard InChI is InChI=1S/C38H46N4O3.C2H4O/c1-6-25(2)26(3)13-15-28(5)42-37(43)31-11-10-12-35(36(31)38(42)44)45-22-9-7-8-20-40-27(4)14-16-29-17-18-30-32-24-39-21-19-33(32)41-34(30)23-29;1-2-3/h10-12,17-19,21,23-25,28,40-41H,3-4,6-9,13-16,20,22H2,1-2,5H3;2H,1H3. The van der Waals surface area contributed by atoms with Gasteiger partial charge in [0.15, 0.2) is 0 Å². The van der Waals surface area contributed by atoms with Gasteiger partial charge in [-0.3, -0.25) is 19.5 Å². The van der Waals surface area contributed by atoms with Crippen LogP contribution in [0.5, 0.6) is 5.75 Å². The van der Waals surface area contributed by atoms with Crippen LogP contribution >= 0.6 is 0 Å². The first-order valence-corrected chi connectivity index (χ1v) is 17.2. The number of aromatic amines is 1. The van der Waals surface area contributed by atoms with E-state index in [1.165, 1.54) is 28.3 Å². The number of hydrogen-bond acceptors (Lipinski definition) is 6. The van der Waals surface area contributed by atoms with Crippen molar-refractivity contribution in [3.63, 3.8) is 0 Å². The fraction of sp³-hybridized carbons (Fsp3) is 0.400. The maximum atomic E-state index is 13.4. The number of allylic oxidation sites excluding steroid dienone is 2. The van der Waals surface area contributed by atoms with Crippen LogP contribution in [-0.2, 0) is 11.2 Å². The van der Waals surface area contributed by atoms with Gasteiger partial charge in [0, 0.05) is 52.5 Å². The molecule has 8 heteroatoms. The number of hydrogen-bond donors (Lipinski definition) is 2. The van der Waals surface area contributed by atoms with Crippen LogP contribution in [0, 0.1) is 5.92 Å². The van der Waals surface area contributed by atoms with E-state index in [9.17, 15) is 9.59 Å². The van der Waals surface area contributed by atoms with E-state index in [1.54, 1.807) is 18.2 Å². The second-order valence-corrected chi connectivity index (χ2v) is 12.6. The van der Waals surface area contributed by atoms with Crippen molar-refractivity contribution in [1.29, 1.82) is 0 Å². The molecule has 5 rings (SSSR count). The second-order valence-electron chi connectivity index (χ2n) is 12.6. The van der Waals surface area contributed by atoms with Crippen molar-refractivity contribution in [3.05, 3.63) is 96.0 Å². The molecule has 0 aliphatic carbocycles. The third kappa shape index (κ3) is 8.79. The number of imide groups is 1. The summed E-state index contributed by atoms with van der Waals surface area (Å²) >= 11 is 0. The van der Waals surface area contributed by atoms with Gasteiger partial charge < -0.3 is 19.8 Å². The molecule has 2 unspecified atom stereocenters. The minimum Gasteiger partial charge on any atom is -0.493 e. The van der Waals surface area contributed by atoms with E-state index in [4.69, 9.17) is 9.53 Å². The van der Waals surface area contributed by atoms with Crippen LogP contribution in [0.3, 0.4) is 0 Å². The zero-order valence-corrected chi connectivity index (χ0v) is 28.9. The first kappa shape index (κ1) is 36.1. The third-order valence-electron chi connectivity index (χ3n) is 9.18. The second kappa shape index (κ2) is 17.4. The van der Waals surface area contributed by atoms with Crippen LogP contribution in [-0.4, -0.2) is 52.2 Å². The summed E-state index contributed by atoms with van der Waals surface area (Å²) in [6, 6.07) is 13.7. The van der Waals surface area contributed by atoms with Gasteiger partial charge in [0.2, 0.25) is 0 Å². The average molecular weight is 651 g/mol. The minimum absolute atomic E-state index is 0.200. The number of nitrogens with zero attached hydrogens (tertiary/aromatic N) is 2. The fourth-order valence-electron chi connectivity index (χ4n) is 6.03. The highest BCUT2D eigenvalue weighted by molar-refractivity contribution is 6.22. The van der Waals surface area contributed by atoms with Crippen LogP contribution in [0.4, 0.5) is 0 Å². The monoisotopic (exact) mass is 650 g/mol. The summed E-state index contributed by atoms with van der Waals surface area (Å²) in [4.78, 5) is 44.5. The molecule has 4 aromatic rings. The number of amides is 2. The molecule has 0 saturated carbocycles. The summed E-state index contributed by atoms with van der Waals surface area (Å²) in [7, 11) is 0. The van der Waals surface area contributed by atoms with Crippen molar-refractivity contribution in [3.8, 4) is 5.75 Å². The fourth-order valence-corrected chi connectivity index (χ4v) is 6.03. The van der Waals surface area contributed by atoms with Gasteiger partial charge in [-0.25, -0.2) is 0 Å². The molecule has 1 aliphatic rings. The third-order valence-corrected chi connectivity index (χ3v) is 9.18. The molecule has 2 atom stereocenters. The molecule has 2 amide bonds. The first-order chi connectivity index (χ1) is 23.2. The SMILES string of the molecule is C=C(CCc1ccc2c(c1)[nH]c1ccncc12)NCCCCCOc1cccc2c1C(=O)N(C(C)CCC(=C)C(C)CC)C2=O.CC=O. The van der Waals surface area contributed by atoms with Crippen LogP contribution < -0.4 is 10.1 Å². The number of rotatable bonds is 17. The van der Waals surface area contributed by atoms with Crippen molar-refractivity contribution in [2.75, 3.05) is 13.2 Å². The molecule has 2 aromatic heterocycles. The molecule has 2 aromatic carbocycles. The molecule has 0 saturated heterocycles. The van der Waals surface area contributed by atoms with Gasteiger partial charge in [-0.1, -0.05) is 50.8 Å². The quantitative estimate of drug-likeness (QED) is 0.0514. The minimum atomic E-state index is -0.256. The lowest BCUT2D eigenvalue weighted by Crippen LogP contribution is -2.38. The van der Waals surface area contributed by atoms with Gasteiger partial charge in [0.1, 0.15) is 12.0 Å². The number of aldehydes is 1. The number of unbranched alkanes of at least 4 members (excludes halogenated alkanes) is 2. The number of aryl methyl sites for hydroxylation is 1. The molecule has 0 fully saturated rings. The Balaban J connectivity index is 0.00000167. The van der Waals surface area contributed by atoms with Crippen molar-refractivity contribution >= 4 is 39.9 Å². The van der Waals surface area contributed by atoms with Gasteiger partial charge in [0.05, 0.1) is 17.7 Å². The zero-order chi connectivity index (χ0) is 34.6. The number of pyridine rings is 1. The van der Waals surface area contributed by atoms with Gasteiger partial charge >= 0.3 is 0 Å². The molecule has 8 nitrogen and oxygen atoms in total. The van der Waals surface area contributed by atoms with Crippen molar-refractivity contribution in [2.45, 2.75) is 85.1 Å². The van der Waals surface area contributed by atoms with Crippen LogP contribution in [0.25, 0.3) is 21.8 Å². The molecule has 0 bridgehead atoms. The molecule has 254 valence electrons. The number of benzene rings is 2. The molecule has 48 heavy (non-hydrogen) atoms. The van der Waals surface area contributed by atoms with E-state index < -0.39 is 0 Å². The lowest BCUT2D eigenvalue weighted by atomic mass is 9.94. The van der Waals surface area contributed by atoms with E-state index in [0.29, 0.717) is 35.8 Å². The molecular weight excluding hydrogens is 600 g/mol. The summed E-state index contributed by atoms with van der Waals surface area (Å²) in [6.07, 6.45) is 11.7. The van der Waals surface area contributed by atoms with Crippen molar-refractivity contribution in [1.82, 2.24) is 20.2 Å². The van der Waals surface area contributed by atoms with Gasteiger partial charge in [-0.05, 0) is 101 Å². The van der Waals surface area contributed by atoms with Gasteiger partial charge in [0.25, 0.3) is 11.8 Å². The van der Waals surface area contributed by atoms with E-state index >= 15 is 0 Å². The Hall–Kier alpha value is -4.72.